The van der Waals surface area contributed by atoms with Crippen LogP contribution in [0.15, 0.2) is 73.2 Å². The van der Waals surface area contributed by atoms with Crippen LogP contribution in [-0.4, -0.2) is 52.9 Å². The molecular weight excluding hydrogens is 612 g/mol. The third-order valence-corrected chi connectivity index (χ3v) is 8.55. The molecule has 252 valence electrons. The minimum absolute atomic E-state index is 0.00301. The van der Waals surface area contributed by atoms with Crippen LogP contribution in [0.1, 0.15) is 27.8 Å². The Labute approximate surface area is 277 Å². The van der Waals surface area contributed by atoms with Crippen molar-refractivity contribution in [3.05, 3.63) is 111 Å². The molecule has 0 aliphatic heterocycles. The number of hydrogen-bond acceptors (Lipinski definition) is 6. The molecule has 3 aromatic carbocycles. The quantitative estimate of drug-likeness (QED) is 0.132. The van der Waals surface area contributed by atoms with Gasteiger partial charge in [0.15, 0.2) is 0 Å². The molecule has 3 heterocycles. The fourth-order valence-electron chi connectivity index (χ4n) is 6.10. The number of nitrogens with two attached hydrogens (primary N) is 2. The highest BCUT2D eigenvalue weighted by Gasteiger charge is 2.22. The minimum atomic E-state index is -1.09. The number of aryl methyl sites for hydroxylation is 6. The standard InChI is InChI=1S/C13H15N3O4.C13H16N2O2.C10H11N/c1-7-3-4-10(16(19)20)12-11(7)8(6-15(12)2)5-9(14)13(17)18;1-8-4-3-5-11-12(8)9(7-15(11)2)6-10(14)13(16)17;1-8-4-3-5-10-9(8)6-7-11(10)2/h3-4,6,9H,5,14H2,1-2H3,(H,17,18);3-5,7,10H,6,14H2,1-2H3,(H,16,17);3-7H,1-2H3. The second-order valence-corrected chi connectivity index (χ2v) is 12.1. The molecule has 2 unspecified atom stereocenters. The van der Waals surface area contributed by atoms with E-state index in [2.05, 4.69) is 49.0 Å². The van der Waals surface area contributed by atoms with Gasteiger partial charge in [-0.1, -0.05) is 30.3 Å². The van der Waals surface area contributed by atoms with E-state index in [-0.39, 0.29) is 12.1 Å². The smallest absolute Gasteiger partial charge is 0.320 e. The van der Waals surface area contributed by atoms with Crippen molar-refractivity contribution in [1.82, 2.24) is 13.7 Å². The number of hydrogen-bond donors (Lipinski definition) is 4. The number of benzene rings is 3. The highest BCUT2D eigenvalue weighted by molar-refractivity contribution is 5.94. The van der Waals surface area contributed by atoms with Crippen LogP contribution in [0.5, 0.6) is 0 Å². The third kappa shape index (κ3) is 7.40. The molecule has 3 aromatic heterocycles. The molecule has 0 amide bonds. The van der Waals surface area contributed by atoms with Gasteiger partial charge in [-0.25, -0.2) is 0 Å². The summed E-state index contributed by atoms with van der Waals surface area (Å²) >= 11 is 0. The van der Waals surface area contributed by atoms with Crippen LogP contribution >= 0.6 is 0 Å². The molecule has 0 radical (unpaired) electrons. The number of nitrogens with zero attached hydrogens (tertiary/aromatic N) is 4. The summed E-state index contributed by atoms with van der Waals surface area (Å²) in [5, 5.41) is 32.0. The largest absolute Gasteiger partial charge is 0.480 e. The maximum atomic E-state index is 11.1. The van der Waals surface area contributed by atoms with Crippen molar-refractivity contribution in [1.29, 1.82) is 0 Å². The Kier molecular flexibility index (Phi) is 10.7. The molecule has 2 atom stereocenters. The van der Waals surface area contributed by atoms with Crippen LogP contribution in [0.25, 0.3) is 32.7 Å². The second kappa shape index (κ2) is 14.5. The summed E-state index contributed by atoms with van der Waals surface area (Å²) < 4.78 is 5.79. The first-order chi connectivity index (χ1) is 22.6. The Bertz CT molecular complexity index is 2140. The lowest BCUT2D eigenvalue weighted by Gasteiger charge is -2.06. The Morgan fingerprint density at radius 1 is 0.729 bits per heavy atom. The van der Waals surface area contributed by atoms with Gasteiger partial charge >= 0.3 is 11.9 Å². The zero-order chi connectivity index (χ0) is 35.4. The molecule has 6 aromatic rings. The number of carboxylic acid groups (broad SMARTS) is 2. The van der Waals surface area contributed by atoms with Gasteiger partial charge in [-0.3, -0.25) is 19.7 Å². The highest BCUT2D eigenvalue weighted by atomic mass is 16.6. The van der Waals surface area contributed by atoms with E-state index in [1.54, 1.807) is 23.9 Å². The maximum Gasteiger partial charge on any atom is 0.320 e. The summed E-state index contributed by atoms with van der Waals surface area (Å²) in [5.74, 6) is -2.05. The molecule has 0 spiro atoms. The number of aliphatic carboxylic acids is 2. The average Bonchev–Trinajstić information content (AvgIpc) is 3.68. The van der Waals surface area contributed by atoms with Crippen LogP contribution in [0.4, 0.5) is 5.69 Å². The Balaban J connectivity index is 0.000000169. The summed E-state index contributed by atoms with van der Waals surface area (Å²) in [6.45, 7) is 6.00. The van der Waals surface area contributed by atoms with Crippen molar-refractivity contribution in [3.8, 4) is 0 Å². The number of carboxylic acids is 2. The molecule has 12 heteroatoms. The number of fused-ring (bicyclic) bond motifs is 3. The number of aromatic nitrogens is 3. The molecule has 12 nitrogen and oxygen atoms in total. The fraction of sp³-hybridized carbons (Fsp3) is 0.278. The van der Waals surface area contributed by atoms with Crippen molar-refractivity contribution in [3.63, 3.8) is 0 Å². The van der Waals surface area contributed by atoms with Crippen LogP contribution in [0.2, 0.25) is 0 Å². The van der Waals surface area contributed by atoms with E-state index in [4.69, 9.17) is 21.7 Å². The summed E-state index contributed by atoms with van der Waals surface area (Å²) in [5.41, 5.74) is 19.1. The predicted octanol–water partition coefficient (Wildman–Crippen LogP) is 5.28. The van der Waals surface area contributed by atoms with Crippen molar-refractivity contribution < 1.29 is 24.7 Å². The third-order valence-electron chi connectivity index (χ3n) is 8.55. The second-order valence-electron chi connectivity index (χ2n) is 12.1. The lowest BCUT2D eigenvalue weighted by Crippen LogP contribution is -2.32. The molecule has 6 N–H and O–H groups in total. The molecule has 6 rings (SSSR count). The average molecular weight is 655 g/mol. The molecular formula is C36H42N6O6. The van der Waals surface area contributed by atoms with Gasteiger partial charge < -0.3 is 35.4 Å². The fourth-order valence-corrected chi connectivity index (χ4v) is 6.10. The first-order valence-corrected chi connectivity index (χ1v) is 15.3. The first-order valence-electron chi connectivity index (χ1n) is 15.3. The molecule has 0 fully saturated rings. The number of nitro groups is 1. The minimum Gasteiger partial charge on any atom is -0.480 e. The van der Waals surface area contributed by atoms with Crippen LogP contribution in [0.3, 0.4) is 0 Å². The monoisotopic (exact) mass is 654 g/mol. The molecule has 0 saturated heterocycles. The molecule has 48 heavy (non-hydrogen) atoms. The molecule has 0 saturated carbocycles. The number of carbonyl (C=O) groups is 2. The molecule has 0 aliphatic rings. The van der Waals surface area contributed by atoms with Crippen molar-refractivity contribution in [2.24, 2.45) is 32.6 Å². The topological polar surface area (TPSA) is 185 Å². The van der Waals surface area contributed by atoms with Gasteiger partial charge in [-0.15, -0.1) is 0 Å². The van der Waals surface area contributed by atoms with Gasteiger partial charge in [0.05, 0.1) is 4.92 Å². The van der Waals surface area contributed by atoms with Gasteiger partial charge in [0.1, 0.15) is 17.6 Å². The van der Waals surface area contributed by atoms with Gasteiger partial charge in [-0.05, 0) is 66.8 Å². The Morgan fingerprint density at radius 3 is 1.81 bits per heavy atom. The van der Waals surface area contributed by atoms with E-state index in [9.17, 15) is 19.7 Å². The van der Waals surface area contributed by atoms with Gasteiger partial charge in [0.25, 0.3) is 5.69 Å². The lowest BCUT2D eigenvalue weighted by molar-refractivity contribution is -0.383. The van der Waals surface area contributed by atoms with Crippen molar-refractivity contribution >= 4 is 50.3 Å². The summed E-state index contributed by atoms with van der Waals surface area (Å²) in [6.07, 6.45) is 6.25. The summed E-state index contributed by atoms with van der Waals surface area (Å²) in [4.78, 5) is 32.3. The number of rotatable bonds is 7. The van der Waals surface area contributed by atoms with E-state index >= 15 is 0 Å². The zero-order valence-corrected chi connectivity index (χ0v) is 28.0. The Morgan fingerprint density at radius 2 is 1.25 bits per heavy atom. The number of nitro benzene ring substituents is 1. The van der Waals surface area contributed by atoms with Crippen LogP contribution < -0.4 is 11.5 Å². The van der Waals surface area contributed by atoms with E-state index in [1.165, 1.54) is 22.5 Å². The van der Waals surface area contributed by atoms with Crippen LogP contribution in [-0.2, 0) is 43.6 Å². The first kappa shape index (κ1) is 35.4. The van der Waals surface area contributed by atoms with E-state index < -0.39 is 28.9 Å². The number of non-ortho nitro benzene ring substituents is 1. The normalized spacial score (nSPS) is 12.2. The lowest BCUT2D eigenvalue weighted by atomic mass is 10.0. The van der Waals surface area contributed by atoms with Crippen molar-refractivity contribution in [2.75, 3.05) is 0 Å². The SMILES string of the molecule is Cc1ccc([N+](=O)[O-])c2c1c(CC(N)C(=O)O)cn2C.Cc1cccc2c1c(CC(N)C(=O)O)cn2C.Cc1cccc2c1ccn2C. The molecule has 0 aliphatic carbocycles. The van der Waals surface area contributed by atoms with Gasteiger partial charge in [-0.2, -0.15) is 0 Å². The molecule has 0 bridgehead atoms. The van der Waals surface area contributed by atoms with Crippen molar-refractivity contribution in [2.45, 2.75) is 45.7 Å². The van der Waals surface area contributed by atoms with Gasteiger partial charge in [0.2, 0.25) is 0 Å². The zero-order valence-electron chi connectivity index (χ0n) is 28.0. The van der Waals surface area contributed by atoms with E-state index in [0.29, 0.717) is 22.9 Å². The maximum absolute atomic E-state index is 11.1. The van der Waals surface area contributed by atoms with Crippen LogP contribution in [0, 0.1) is 30.9 Å². The predicted molar refractivity (Wildman–Crippen MR) is 188 cm³/mol. The summed E-state index contributed by atoms with van der Waals surface area (Å²) in [6, 6.07) is 15.8. The van der Waals surface area contributed by atoms with E-state index in [0.717, 1.165) is 27.6 Å². The van der Waals surface area contributed by atoms with E-state index in [1.807, 2.05) is 49.9 Å². The summed E-state index contributed by atoms with van der Waals surface area (Å²) in [7, 11) is 5.73. The Hall–Kier alpha value is -5.46. The highest BCUT2D eigenvalue weighted by Crippen LogP contribution is 2.32. The van der Waals surface area contributed by atoms with Gasteiger partial charge in [0, 0.05) is 85.8 Å².